The summed E-state index contributed by atoms with van der Waals surface area (Å²) in [4.78, 5) is 12.1. The maximum atomic E-state index is 12.1. The van der Waals surface area contributed by atoms with Gasteiger partial charge in [0.25, 0.3) is 0 Å². The molecule has 6 heteroatoms. The first-order valence-electron chi connectivity index (χ1n) is 8.83. The van der Waals surface area contributed by atoms with Crippen molar-refractivity contribution in [3.05, 3.63) is 47.0 Å². The van der Waals surface area contributed by atoms with Gasteiger partial charge in [-0.1, -0.05) is 49.4 Å². The van der Waals surface area contributed by atoms with Crippen LogP contribution >= 0.6 is 11.6 Å². The van der Waals surface area contributed by atoms with E-state index in [1.54, 1.807) is 18.2 Å². The first-order valence-corrected chi connectivity index (χ1v) is 9.21. The molecule has 1 aromatic heterocycles. The number of hydrogen-bond donors (Lipinski definition) is 2. The lowest BCUT2D eigenvalue weighted by molar-refractivity contribution is -0.115. The Hall–Kier alpha value is -2.14. The van der Waals surface area contributed by atoms with Gasteiger partial charge in [0.15, 0.2) is 5.82 Å². The van der Waals surface area contributed by atoms with Crippen LogP contribution in [0.15, 0.2) is 36.4 Å². The van der Waals surface area contributed by atoms with Crippen LogP contribution in [0.4, 0.5) is 11.6 Å². The number of amides is 1. The van der Waals surface area contributed by atoms with E-state index < -0.39 is 0 Å². The molecule has 2 aromatic rings. The molecule has 1 saturated carbocycles. The molecule has 1 fully saturated rings. The van der Waals surface area contributed by atoms with Crippen molar-refractivity contribution in [2.24, 2.45) is 0 Å². The number of nitrogens with zero attached hydrogens (tertiary/aromatic N) is 2. The van der Waals surface area contributed by atoms with E-state index in [1.807, 2.05) is 18.2 Å². The summed E-state index contributed by atoms with van der Waals surface area (Å²) in [5.74, 6) is 1.11. The molecule has 1 aliphatic rings. The van der Waals surface area contributed by atoms with E-state index in [1.165, 1.54) is 38.5 Å². The quantitative estimate of drug-likeness (QED) is 0.775. The third-order valence-corrected chi connectivity index (χ3v) is 4.67. The molecule has 0 aliphatic heterocycles. The van der Waals surface area contributed by atoms with Crippen LogP contribution in [0.25, 0.3) is 0 Å². The number of carbonyl (C=O) groups excluding carboxylic acids is 1. The molecular formula is C19H23ClN4O. The molecule has 1 heterocycles. The molecule has 3 rings (SSSR count). The molecule has 1 aromatic carbocycles. The number of halogens is 1. The van der Waals surface area contributed by atoms with E-state index in [9.17, 15) is 4.79 Å². The van der Waals surface area contributed by atoms with E-state index in [-0.39, 0.29) is 12.3 Å². The molecule has 132 valence electrons. The Morgan fingerprint density at radius 3 is 2.24 bits per heavy atom. The van der Waals surface area contributed by atoms with E-state index >= 15 is 0 Å². The second-order valence-corrected chi connectivity index (χ2v) is 6.92. The van der Waals surface area contributed by atoms with Crippen molar-refractivity contribution < 1.29 is 4.79 Å². The van der Waals surface area contributed by atoms with Crippen LogP contribution in [0.2, 0.25) is 5.02 Å². The first kappa shape index (κ1) is 17.7. The average Bonchev–Trinajstić information content (AvgIpc) is 2.87. The summed E-state index contributed by atoms with van der Waals surface area (Å²) in [5, 5.41) is 15.2. The molecular weight excluding hydrogens is 336 g/mol. The molecule has 0 saturated heterocycles. The van der Waals surface area contributed by atoms with Gasteiger partial charge in [0.05, 0.1) is 6.42 Å². The van der Waals surface area contributed by atoms with E-state index in [2.05, 4.69) is 20.8 Å². The summed E-state index contributed by atoms with van der Waals surface area (Å²) in [6.45, 7) is 0. The fourth-order valence-electron chi connectivity index (χ4n) is 3.08. The largest absolute Gasteiger partial charge is 0.366 e. The number of anilines is 2. The van der Waals surface area contributed by atoms with Crippen molar-refractivity contribution in [3.8, 4) is 0 Å². The third kappa shape index (κ3) is 5.71. The van der Waals surface area contributed by atoms with Gasteiger partial charge in [-0.05, 0) is 42.7 Å². The van der Waals surface area contributed by atoms with Crippen molar-refractivity contribution in [2.75, 3.05) is 10.6 Å². The zero-order chi connectivity index (χ0) is 17.5. The Labute approximate surface area is 153 Å². The van der Waals surface area contributed by atoms with Crippen LogP contribution in [-0.4, -0.2) is 22.1 Å². The maximum Gasteiger partial charge on any atom is 0.229 e. The highest BCUT2D eigenvalue weighted by atomic mass is 35.5. The topological polar surface area (TPSA) is 66.9 Å². The predicted octanol–water partition coefficient (Wildman–Crippen LogP) is 4.45. The molecule has 1 aliphatic carbocycles. The van der Waals surface area contributed by atoms with Crippen molar-refractivity contribution >= 4 is 29.1 Å². The molecule has 0 radical (unpaired) electrons. The molecule has 0 bridgehead atoms. The fraction of sp³-hybridized carbons (Fsp3) is 0.421. The molecule has 2 N–H and O–H groups in total. The number of nitrogens with one attached hydrogen (secondary N) is 2. The van der Waals surface area contributed by atoms with Crippen molar-refractivity contribution in [1.82, 2.24) is 10.2 Å². The first-order chi connectivity index (χ1) is 12.2. The normalized spacial score (nSPS) is 15.4. The minimum absolute atomic E-state index is 0.124. The van der Waals surface area contributed by atoms with Gasteiger partial charge in [-0.2, -0.15) is 0 Å². The van der Waals surface area contributed by atoms with Crippen LogP contribution in [0.1, 0.15) is 44.1 Å². The molecule has 0 unspecified atom stereocenters. The SMILES string of the molecule is O=C(Cc1ccc(Cl)cc1)Nc1ccc(NC2CCCCCC2)nn1. The fourth-order valence-corrected chi connectivity index (χ4v) is 3.21. The predicted molar refractivity (Wildman–Crippen MR) is 101 cm³/mol. The maximum absolute atomic E-state index is 12.1. The minimum Gasteiger partial charge on any atom is -0.366 e. The minimum atomic E-state index is -0.124. The Kier molecular flexibility index (Phi) is 6.23. The Morgan fingerprint density at radius 1 is 0.960 bits per heavy atom. The highest BCUT2D eigenvalue weighted by Crippen LogP contribution is 2.20. The molecule has 0 spiro atoms. The average molecular weight is 359 g/mol. The number of benzene rings is 1. The standard InChI is InChI=1S/C19H23ClN4O/c20-15-9-7-14(8-10-15)13-19(25)22-18-12-11-17(23-24-18)21-16-5-3-1-2-4-6-16/h7-12,16H,1-6,13H2,(H,21,23)(H,22,24,25). The summed E-state index contributed by atoms with van der Waals surface area (Å²) >= 11 is 5.85. The zero-order valence-electron chi connectivity index (χ0n) is 14.2. The second kappa shape index (κ2) is 8.81. The van der Waals surface area contributed by atoms with Crippen LogP contribution in [0, 0.1) is 0 Å². The third-order valence-electron chi connectivity index (χ3n) is 4.42. The van der Waals surface area contributed by atoms with E-state index in [0.29, 0.717) is 16.9 Å². The number of rotatable bonds is 5. The van der Waals surface area contributed by atoms with Crippen LogP contribution in [0.5, 0.6) is 0 Å². The summed E-state index contributed by atoms with van der Waals surface area (Å²) in [6.07, 6.45) is 7.82. The van der Waals surface area contributed by atoms with Crippen molar-refractivity contribution in [1.29, 1.82) is 0 Å². The van der Waals surface area contributed by atoms with Gasteiger partial charge in [0.2, 0.25) is 5.91 Å². The van der Waals surface area contributed by atoms with Crippen molar-refractivity contribution in [3.63, 3.8) is 0 Å². The molecule has 25 heavy (non-hydrogen) atoms. The van der Waals surface area contributed by atoms with Crippen LogP contribution < -0.4 is 10.6 Å². The van der Waals surface area contributed by atoms with Crippen molar-refractivity contribution in [2.45, 2.75) is 51.0 Å². The number of aromatic nitrogens is 2. The van der Waals surface area contributed by atoms with E-state index in [0.717, 1.165) is 11.4 Å². The van der Waals surface area contributed by atoms with Crippen LogP contribution in [-0.2, 0) is 11.2 Å². The van der Waals surface area contributed by atoms with Gasteiger partial charge in [0, 0.05) is 11.1 Å². The Balaban J connectivity index is 1.51. The molecule has 5 nitrogen and oxygen atoms in total. The van der Waals surface area contributed by atoms with Gasteiger partial charge < -0.3 is 10.6 Å². The number of carbonyl (C=O) groups is 1. The summed E-state index contributed by atoms with van der Waals surface area (Å²) < 4.78 is 0. The lowest BCUT2D eigenvalue weighted by atomic mass is 10.1. The summed E-state index contributed by atoms with van der Waals surface area (Å²) in [5.41, 5.74) is 0.904. The lowest BCUT2D eigenvalue weighted by Crippen LogP contribution is -2.20. The highest BCUT2D eigenvalue weighted by molar-refractivity contribution is 6.30. The van der Waals surface area contributed by atoms with Gasteiger partial charge in [-0.15, -0.1) is 10.2 Å². The zero-order valence-corrected chi connectivity index (χ0v) is 14.9. The molecule has 1 amide bonds. The van der Waals surface area contributed by atoms with Gasteiger partial charge >= 0.3 is 0 Å². The summed E-state index contributed by atoms with van der Waals surface area (Å²) in [6, 6.07) is 11.4. The Morgan fingerprint density at radius 2 is 1.60 bits per heavy atom. The second-order valence-electron chi connectivity index (χ2n) is 6.49. The lowest BCUT2D eigenvalue weighted by Gasteiger charge is -2.16. The smallest absolute Gasteiger partial charge is 0.229 e. The Bertz CT molecular complexity index is 680. The van der Waals surface area contributed by atoms with E-state index in [4.69, 9.17) is 11.6 Å². The van der Waals surface area contributed by atoms with Gasteiger partial charge in [-0.3, -0.25) is 4.79 Å². The summed E-state index contributed by atoms with van der Waals surface area (Å²) in [7, 11) is 0. The number of hydrogen-bond acceptors (Lipinski definition) is 4. The highest BCUT2D eigenvalue weighted by Gasteiger charge is 2.13. The van der Waals surface area contributed by atoms with Gasteiger partial charge in [0.1, 0.15) is 5.82 Å². The molecule has 0 atom stereocenters. The monoisotopic (exact) mass is 358 g/mol. The van der Waals surface area contributed by atoms with Crippen LogP contribution in [0.3, 0.4) is 0 Å². The van der Waals surface area contributed by atoms with Gasteiger partial charge in [-0.25, -0.2) is 0 Å².